The van der Waals surface area contributed by atoms with Gasteiger partial charge in [-0.1, -0.05) is 35.9 Å². The van der Waals surface area contributed by atoms with Crippen LogP contribution in [0.25, 0.3) is 0 Å². The molecule has 1 N–H and O–H groups in total. The van der Waals surface area contributed by atoms with Gasteiger partial charge in [-0.25, -0.2) is 0 Å². The summed E-state index contributed by atoms with van der Waals surface area (Å²) in [7, 11) is 1.65. The standard InChI is InChI=1S/C22H27ClN2O2/c1-16(18-6-8-21(27-2)9-7-18)24-22(26)19-10-12-25(13-11-19)15-17-4-3-5-20(23)14-17/h3-9,14,16,19H,10-13,15H2,1-2H3,(H,24,26)/t16-/m1/s1. The summed E-state index contributed by atoms with van der Waals surface area (Å²) in [5.74, 6) is 1.06. The smallest absolute Gasteiger partial charge is 0.223 e. The fourth-order valence-electron chi connectivity index (χ4n) is 3.55. The van der Waals surface area contributed by atoms with Crippen molar-refractivity contribution in [1.29, 1.82) is 0 Å². The molecule has 144 valence electrons. The van der Waals surface area contributed by atoms with Crippen LogP contribution in [0.15, 0.2) is 48.5 Å². The highest BCUT2D eigenvalue weighted by atomic mass is 35.5. The molecule has 3 rings (SSSR count). The molecule has 0 radical (unpaired) electrons. The molecule has 0 unspecified atom stereocenters. The molecule has 1 amide bonds. The molecule has 4 nitrogen and oxygen atoms in total. The quantitative estimate of drug-likeness (QED) is 0.798. The molecule has 0 spiro atoms. The number of ether oxygens (including phenoxy) is 1. The Kier molecular flexibility index (Phi) is 6.75. The third-order valence-corrected chi connectivity index (χ3v) is 5.46. The predicted molar refractivity (Wildman–Crippen MR) is 109 cm³/mol. The molecule has 1 atom stereocenters. The van der Waals surface area contributed by atoms with Gasteiger partial charge in [-0.3, -0.25) is 9.69 Å². The number of likely N-dealkylation sites (tertiary alicyclic amines) is 1. The molecular formula is C22H27ClN2O2. The van der Waals surface area contributed by atoms with E-state index in [4.69, 9.17) is 16.3 Å². The Hall–Kier alpha value is -2.04. The van der Waals surface area contributed by atoms with Gasteiger partial charge < -0.3 is 10.1 Å². The van der Waals surface area contributed by atoms with Crippen LogP contribution in [0, 0.1) is 5.92 Å². The van der Waals surface area contributed by atoms with Crippen LogP contribution < -0.4 is 10.1 Å². The first kappa shape index (κ1) is 19.7. The van der Waals surface area contributed by atoms with Crippen molar-refractivity contribution >= 4 is 17.5 Å². The van der Waals surface area contributed by atoms with Crippen LogP contribution in [0.2, 0.25) is 5.02 Å². The number of amides is 1. The Morgan fingerprint density at radius 3 is 2.56 bits per heavy atom. The first-order valence-corrected chi connectivity index (χ1v) is 9.84. The molecule has 0 bridgehead atoms. The Bertz CT molecular complexity index is 755. The maximum Gasteiger partial charge on any atom is 0.223 e. The van der Waals surface area contributed by atoms with Gasteiger partial charge in [0.25, 0.3) is 0 Å². The Morgan fingerprint density at radius 2 is 1.93 bits per heavy atom. The van der Waals surface area contributed by atoms with Gasteiger partial charge in [-0.15, -0.1) is 0 Å². The van der Waals surface area contributed by atoms with Crippen molar-refractivity contribution in [3.8, 4) is 5.75 Å². The van der Waals surface area contributed by atoms with Gasteiger partial charge >= 0.3 is 0 Å². The summed E-state index contributed by atoms with van der Waals surface area (Å²) < 4.78 is 5.18. The lowest BCUT2D eigenvalue weighted by Crippen LogP contribution is -2.40. The molecule has 27 heavy (non-hydrogen) atoms. The summed E-state index contributed by atoms with van der Waals surface area (Å²) in [5, 5.41) is 3.93. The lowest BCUT2D eigenvalue weighted by atomic mass is 9.95. The average Bonchev–Trinajstić information content (AvgIpc) is 2.68. The fourth-order valence-corrected chi connectivity index (χ4v) is 3.77. The molecule has 1 heterocycles. The van der Waals surface area contributed by atoms with Crippen LogP contribution >= 0.6 is 11.6 Å². The molecule has 1 aliphatic heterocycles. The van der Waals surface area contributed by atoms with Crippen LogP contribution in [-0.2, 0) is 11.3 Å². The molecule has 1 fully saturated rings. The topological polar surface area (TPSA) is 41.6 Å². The predicted octanol–water partition coefficient (Wildman–Crippen LogP) is 4.44. The summed E-state index contributed by atoms with van der Waals surface area (Å²) in [6.07, 6.45) is 1.78. The van der Waals surface area contributed by atoms with Crippen LogP contribution in [-0.4, -0.2) is 31.0 Å². The Labute approximate surface area is 166 Å². The summed E-state index contributed by atoms with van der Waals surface area (Å²) in [4.78, 5) is 15.0. The minimum absolute atomic E-state index is 0.00658. The monoisotopic (exact) mass is 386 g/mol. The molecule has 2 aromatic carbocycles. The van der Waals surface area contributed by atoms with E-state index >= 15 is 0 Å². The third kappa shape index (κ3) is 5.47. The van der Waals surface area contributed by atoms with Crippen molar-refractivity contribution in [2.24, 2.45) is 5.92 Å². The van der Waals surface area contributed by atoms with E-state index in [0.29, 0.717) is 0 Å². The number of nitrogens with one attached hydrogen (secondary N) is 1. The van der Waals surface area contributed by atoms with E-state index in [-0.39, 0.29) is 17.9 Å². The molecule has 1 aliphatic rings. The van der Waals surface area contributed by atoms with Crippen molar-refractivity contribution < 1.29 is 9.53 Å². The third-order valence-electron chi connectivity index (χ3n) is 5.23. The molecule has 0 aromatic heterocycles. The molecule has 0 aliphatic carbocycles. The highest BCUT2D eigenvalue weighted by Crippen LogP contribution is 2.22. The van der Waals surface area contributed by atoms with E-state index in [9.17, 15) is 4.79 Å². The maximum atomic E-state index is 12.6. The number of methoxy groups -OCH3 is 1. The van der Waals surface area contributed by atoms with E-state index < -0.39 is 0 Å². The van der Waals surface area contributed by atoms with E-state index in [0.717, 1.165) is 48.8 Å². The maximum absolute atomic E-state index is 12.6. The number of carbonyl (C=O) groups is 1. The van der Waals surface area contributed by atoms with Gasteiger partial charge in [-0.2, -0.15) is 0 Å². The number of piperidine rings is 1. The molecule has 5 heteroatoms. The lowest BCUT2D eigenvalue weighted by molar-refractivity contribution is -0.127. The summed E-state index contributed by atoms with van der Waals surface area (Å²) in [6.45, 7) is 4.77. The largest absolute Gasteiger partial charge is 0.497 e. The van der Waals surface area contributed by atoms with Crippen LogP contribution in [0.1, 0.15) is 36.9 Å². The number of rotatable bonds is 6. The second-order valence-electron chi connectivity index (χ2n) is 7.18. The summed E-state index contributed by atoms with van der Waals surface area (Å²) in [6, 6.07) is 15.8. The minimum atomic E-state index is -0.00658. The Balaban J connectivity index is 1.47. The summed E-state index contributed by atoms with van der Waals surface area (Å²) >= 11 is 6.06. The lowest BCUT2D eigenvalue weighted by Gasteiger charge is -2.32. The highest BCUT2D eigenvalue weighted by molar-refractivity contribution is 6.30. The van der Waals surface area contributed by atoms with Gasteiger partial charge in [0.15, 0.2) is 0 Å². The molecular weight excluding hydrogens is 360 g/mol. The molecule has 1 saturated heterocycles. The SMILES string of the molecule is COc1ccc([C@@H](C)NC(=O)C2CCN(Cc3cccc(Cl)c3)CC2)cc1. The number of carbonyl (C=O) groups excluding carboxylic acids is 1. The Morgan fingerprint density at radius 1 is 1.22 bits per heavy atom. The molecule has 2 aromatic rings. The summed E-state index contributed by atoms with van der Waals surface area (Å²) in [5.41, 5.74) is 2.31. The highest BCUT2D eigenvalue weighted by Gasteiger charge is 2.26. The zero-order chi connectivity index (χ0) is 19.2. The number of hydrogen-bond acceptors (Lipinski definition) is 3. The van der Waals surface area contributed by atoms with Crippen molar-refractivity contribution in [1.82, 2.24) is 10.2 Å². The average molecular weight is 387 g/mol. The number of halogens is 1. The zero-order valence-corrected chi connectivity index (χ0v) is 16.7. The van der Waals surface area contributed by atoms with Crippen LogP contribution in [0.5, 0.6) is 5.75 Å². The molecule has 0 saturated carbocycles. The van der Waals surface area contributed by atoms with Gasteiger partial charge in [-0.05, 0) is 68.2 Å². The number of hydrogen-bond donors (Lipinski definition) is 1. The number of benzene rings is 2. The first-order chi connectivity index (χ1) is 13.0. The van der Waals surface area contributed by atoms with Gasteiger partial charge in [0.2, 0.25) is 5.91 Å². The van der Waals surface area contributed by atoms with Crippen molar-refractivity contribution in [3.05, 3.63) is 64.7 Å². The first-order valence-electron chi connectivity index (χ1n) is 9.46. The van der Waals surface area contributed by atoms with Crippen LogP contribution in [0.3, 0.4) is 0 Å². The minimum Gasteiger partial charge on any atom is -0.497 e. The second-order valence-corrected chi connectivity index (χ2v) is 7.62. The second kappa shape index (κ2) is 9.25. The zero-order valence-electron chi connectivity index (χ0n) is 16.0. The van der Waals surface area contributed by atoms with Gasteiger partial charge in [0.05, 0.1) is 13.2 Å². The van der Waals surface area contributed by atoms with E-state index in [1.807, 2.05) is 49.4 Å². The van der Waals surface area contributed by atoms with Gasteiger partial charge in [0.1, 0.15) is 5.75 Å². The van der Waals surface area contributed by atoms with Gasteiger partial charge in [0, 0.05) is 17.5 Å². The van der Waals surface area contributed by atoms with Crippen LogP contribution in [0.4, 0.5) is 0 Å². The van der Waals surface area contributed by atoms with E-state index in [1.54, 1.807) is 7.11 Å². The normalized spacial score (nSPS) is 16.7. The van der Waals surface area contributed by atoms with E-state index in [1.165, 1.54) is 5.56 Å². The van der Waals surface area contributed by atoms with Crippen molar-refractivity contribution in [2.45, 2.75) is 32.4 Å². The van der Waals surface area contributed by atoms with Crippen molar-refractivity contribution in [3.63, 3.8) is 0 Å². The fraction of sp³-hybridized carbons (Fsp3) is 0.409. The number of nitrogens with zero attached hydrogens (tertiary/aromatic N) is 1. The van der Waals surface area contributed by atoms with E-state index in [2.05, 4.69) is 16.3 Å². The van der Waals surface area contributed by atoms with Crippen molar-refractivity contribution in [2.75, 3.05) is 20.2 Å².